The highest BCUT2D eigenvalue weighted by Gasteiger charge is 2.38. The number of aliphatic imine (C=N–C) groups is 1. The maximum atomic E-state index is 11.9. The van der Waals surface area contributed by atoms with E-state index in [9.17, 15) is 4.79 Å². The number of carbonyl (C=O) groups is 1. The Morgan fingerprint density at radius 2 is 2.21 bits per heavy atom. The predicted molar refractivity (Wildman–Crippen MR) is 78.3 cm³/mol. The highest BCUT2D eigenvalue weighted by Crippen LogP contribution is 2.38. The third kappa shape index (κ3) is 2.49. The van der Waals surface area contributed by atoms with E-state index in [0.717, 1.165) is 10.0 Å². The molecule has 0 spiro atoms. The monoisotopic (exact) mass is 341 g/mol. The van der Waals surface area contributed by atoms with E-state index in [-0.39, 0.29) is 12.1 Å². The number of urea groups is 1. The van der Waals surface area contributed by atoms with Gasteiger partial charge in [0.05, 0.1) is 0 Å². The second kappa shape index (κ2) is 4.80. The van der Waals surface area contributed by atoms with Crippen molar-refractivity contribution in [3.8, 4) is 0 Å². The molecule has 4 nitrogen and oxygen atoms in total. The molecule has 1 atom stereocenters. The summed E-state index contributed by atoms with van der Waals surface area (Å²) in [5.41, 5.74) is 6.82. The number of carbonyl (C=O) groups excluding carboxylic acids is 1. The summed E-state index contributed by atoms with van der Waals surface area (Å²) in [5, 5.41) is 0.622. The maximum absolute atomic E-state index is 11.9. The lowest BCUT2D eigenvalue weighted by molar-refractivity contribution is 0.203. The van der Waals surface area contributed by atoms with Crippen LogP contribution < -0.4 is 5.73 Å². The van der Waals surface area contributed by atoms with E-state index in [1.807, 2.05) is 12.1 Å². The van der Waals surface area contributed by atoms with Crippen LogP contribution in [0.5, 0.6) is 0 Å². The Labute approximate surface area is 124 Å². The van der Waals surface area contributed by atoms with Crippen LogP contribution in [0.25, 0.3) is 0 Å². The molecule has 1 aromatic rings. The number of nitrogens with two attached hydrogens (primary N) is 1. The van der Waals surface area contributed by atoms with Crippen LogP contribution in [0.2, 0.25) is 5.02 Å². The van der Waals surface area contributed by atoms with Crippen LogP contribution >= 0.6 is 27.5 Å². The van der Waals surface area contributed by atoms with E-state index in [2.05, 4.69) is 20.9 Å². The molecule has 2 N–H and O–H groups in total. The fraction of sp³-hybridized carbons (Fsp3) is 0.385. The van der Waals surface area contributed by atoms with Crippen LogP contribution in [0.4, 0.5) is 4.79 Å². The van der Waals surface area contributed by atoms with E-state index in [1.165, 1.54) is 12.8 Å². The van der Waals surface area contributed by atoms with Gasteiger partial charge in [-0.3, -0.25) is 0 Å². The lowest BCUT2D eigenvalue weighted by atomic mass is 10.1. The lowest BCUT2D eigenvalue weighted by Crippen LogP contribution is -2.35. The molecule has 0 saturated heterocycles. The quantitative estimate of drug-likeness (QED) is 0.916. The summed E-state index contributed by atoms with van der Waals surface area (Å²) in [7, 11) is 0. The zero-order valence-corrected chi connectivity index (χ0v) is 12.5. The zero-order chi connectivity index (χ0) is 13.6. The second-order valence-electron chi connectivity index (χ2n) is 4.98. The van der Waals surface area contributed by atoms with Crippen LogP contribution in [-0.2, 0) is 0 Å². The molecule has 6 heteroatoms. The van der Waals surface area contributed by atoms with E-state index in [0.29, 0.717) is 23.3 Å². The third-order valence-electron chi connectivity index (χ3n) is 3.47. The SMILES string of the molecule is NC1=NC(=O)N(CC2CC2)C1c1cc(Cl)ccc1Br. The van der Waals surface area contributed by atoms with Gasteiger partial charge in [-0.15, -0.1) is 0 Å². The number of hydrogen-bond donors (Lipinski definition) is 1. The molecule has 0 bridgehead atoms. The Balaban J connectivity index is 1.97. The highest BCUT2D eigenvalue weighted by molar-refractivity contribution is 9.10. The van der Waals surface area contributed by atoms with Crippen molar-refractivity contribution in [3.05, 3.63) is 33.3 Å². The third-order valence-corrected chi connectivity index (χ3v) is 4.42. The molecule has 1 aliphatic carbocycles. The Hall–Kier alpha value is -1.07. The van der Waals surface area contributed by atoms with E-state index in [4.69, 9.17) is 17.3 Å². The molecular weight excluding hydrogens is 330 g/mol. The molecule has 1 saturated carbocycles. The lowest BCUT2D eigenvalue weighted by Gasteiger charge is -2.25. The Bertz CT molecular complexity index is 571. The molecule has 1 fully saturated rings. The summed E-state index contributed by atoms with van der Waals surface area (Å²) in [6, 6.07) is 4.94. The number of amides is 2. The van der Waals surface area contributed by atoms with Crippen molar-refractivity contribution < 1.29 is 4.79 Å². The van der Waals surface area contributed by atoms with Crippen LogP contribution in [0.15, 0.2) is 27.7 Å². The molecular formula is C13H13BrClN3O. The molecule has 1 aromatic carbocycles. The molecule has 0 aromatic heterocycles. The number of nitrogens with zero attached hydrogens (tertiary/aromatic N) is 2. The minimum absolute atomic E-state index is 0.249. The largest absolute Gasteiger partial charge is 0.385 e. The fourth-order valence-electron chi connectivity index (χ4n) is 2.32. The van der Waals surface area contributed by atoms with Gasteiger partial charge >= 0.3 is 6.03 Å². The van der Waals surface area contributed by atoms with Gasteiger partial charge in [0.2, 0.25) is 0 Å². The summed E-state index contributed by atoms with van der Waals surface area (Å²) in [5.74, 6) is 0.930. The van der Waals surface area contributed by atoms with Crippen LogP contribution in [0.1, 0.15) is 24.4 Å². The Morgan fingerprint density at radius 3 is 2.89 bits per heavy atom. The van der Waals surface area contributed by atoms with Gasteiger partial charge in [-0.2, -0.15) is 4.99 Å². The van der Waals surface area contributed by atoms with Gasteiger partial charge in [-0.05, 0) is 42.5 Å². The van der Waals surface area contributed by atoms with E-state index >= 15 is 0 Å². The Morgan fingerprint density at radius 1 is 1.47 bits per heavy atom. The maximum Gasteiger partial charge on any atom is 0.346 e. The predicted octanol–water partition coefficient (Wildman–Crippen LogP) is 3.35. The normalized spacial score (nSPS) is 22.8. The van der Waals surface area contributed by atoms with Gasteiger partial charge in [-0.25, -0.2) is 4.79 Å². The molecule has 0 radical (unpaired) electrons. The Kier molecular flexibility index (Phi) is 3.27. The molecule has 1 heterocycles. The van der Waals surface area contributed by atoms with Gasteiger partial charge in [0, 0.05) is 16.0 Å². The molecule has 100 valence electrons. The minimum atomic E-state index is -0.304. The number of halogens is 2. The van der Waals surface area contributed by atoms with Crippen molar-refractivity contribution in [2.45, 2.75) is 18.9 Å². The minimum Gasteiger partial charge on any atom is -0.385 e. The highest BCUT2D eigenvalue weighted by atomic mass is 79.9. The van der Waals surface area contributed by atoms with Gasteiger partial charge in [0.1, 0.15) is 11.9 Å². The summed E-state index contributed by atoms with van der Waals surface area (Å²) < 4.78 is 0.885. The standard InChI is InChI=1S/C13H13BrClN3O/c14-10-4-3-8(15)5-9(10)11-12(16)17-13(19)18(11)6-7-1-2-7/h3-5,7,11H,1-2,6H2,(H2,16,17,19). The number of amidine groups is 1. The van der Waals surface area contributed by atoms with Crippen molar-refractivity contribution >= 4 is 39.4 Å². The van der Waals surface area contributed by atoms with Crippen molar-refractivity contribution in [2.75, 3.05) is 6.54 Å². The van der Waals surface area contributed by atoms with Crippen molar-refractivity contribution in [2.24, 2.45) is 16.6 Å². The average molecular weight is 343 g/mol. The molecule has 1 unspecified atom stereocenters. The van der Waals surface area contributed by atoms with Crippen LogP contribution in [0.3, 0.4) is 0 Å². The molecule has 2 amide bonds. The summed E-state index contributed by atoms with van der Waals surface area (Å²) in [4.78, 5) is 17.6. The van der Waals surface area contributed by atoms with E-state index in [1.54, 1.807) is 11.0 Å². The molecule has 2 aliphatic rings. The number of benzene rings is 1. The van der Waals surface area contributed by atoms with Crippen LogP contribution in [-0.4, -0.2) is 23.3 Å². The fourth-order valence-corrected chi connectivity index (χ4v) is 2.96. The van der Waals surface area contributed by atoms with Crippen molar-refractivity contribution in [1.82, 2.24) is 4.90 Å². The molecule has 1 aliphatic heterocycles. The first-order valence-electron chi connectivity index (χ1n) is 6.16. The molecule has 19 heavy (non-hydrogen) atoms. The van der Waals surface area contributed by atoms with Crippen LogP contribution in [0, 0.1) is 5.92 Å². The molecule has 3 rings (SSSR count). The number of hydrogen-bond acceptors (Lipinski definition) is 2. The van der Waals surface area contributed by atoms with Gasteiger partial charge < -0.3 is 10.6 Å². The first-order valence-corrected chi connectivity index (χ1v) is 7.33. The first-order chi connectivity index (χ1) is 9.06. The topological polar surface area (TPSA) is 58.7 Å². The van der Waals surface area contributed by atoms with Crippen molar-refractivity contribution in [1.29, 1.82) is 0 Å². The zero-order valence-electron chi connectivity index (χ0n) is 10.1. The number of rotatable bonds is 3. The average Bonchev–Trinajstić information content (AvgIpc) is 3.11. The van der Waals surface area contributed by atoms with Gasteiger partial charge in [-0.1, -0.05) is 27.5 Å². The summed E-state index contributed by atoms with van der Waals surface area (Å²) in [6.45, 7) is 0.715. The van der Waals surface area contributed by atoms with Crippen molar-refractivity contribution in [3.63, 3.8) is 0 Å². The van der Waals surface area contributed by atoms with Gasteiger partial charge in [0.25, 0.3) is 0 Å². The second-order valence-corrected chi connectivity index (χ2v) is 6.27. The summed E-state index contributed by atoms with van der Waals surface area (Å²) >= 11 is 9.53. The van der Waals surface area contributed by atoms with Gasteiger partial charge in [0.15, 0.2) is 0 Å². The van der Waals surface area contributed by atoms with E-state index < -0.39 is 0 Å². The first kappa shape index (κ1) is 12.9. The summed E-state index contributed by atoms with van der Waals surface area (Å²) in [6.07, 6.45) is 2.35. The smallest absolute Gasteiger partial charge is 0.346 e.